The number of rotatable bonds is 6. The summed E-state index contributed by atoms with van der Waals surface area (Å²) < 4.78 is 0. The molecule has 3 rings (SSSR count). The first kappa shape index (κ1) is 18.9. The van der Waals surface area contributed by atoms with Crippen molar-refractivity contribution in [1.29, 1.82) is 0 Å². The lowest BCUT2D eigenvalue weighted by molar-refractivity contribution is 0.0738. The lowest BCUT2D eigenvalue weighted by Crippen LogP contribution is -2.19. The predicted molar refractivity (Wildman–Crippen MR) is 103 cm³/mol. The van der Waals surface area contributed by atoms with Crippen molar-refractivity contribution in [3.63, 3.8) is 0 Å². The average Bonchev–Trinajstić information content (AvgIpc) is 3.16. The molecule has 1 atom stereocenters. The second-order valence-electron chi connectivity index (χ2n) is 7.45. The number of pyridine rings is 1. The minimum absolute atomic E-state index is 0.0276. The van der Waals surface area contributed by atoms with E-state index >= 15 is 0 Å². The van der Waals surface area contributed by atoms with Crippen LogP contribution >= 0.6 is 0 Å². The highest BCUT2D eigenvalue weighted by molar-refractivity contribution is 5.97. The first-order valence-corrected chi connectivity index (χ1v) is 8.94. The van der Waals surface area contributed by atoms with E-state index < -0.39 is 5.60 Å². The molecule has 0 bridgehead atoms. The molecule has 140 valence electrons. The number of H-pyrrole nitrogens is 1. The largest absolute Gasteiger partial charge is 0.384 e. The number of benzene rings is 1. The molecule has 3 aromatic rings. The van der Waals surface area contributed by atoms with Gasteiger partial charge in [-0.15, -0.1) is 0 Å². The van der Waals surface area contributed by atoms with Crippen LogP contribution in [0.25, 0.3) is 11.3 Å². The van der Waals surface area contributed by atoms with Gasteiger partial charge in [0.1, 0.15) is 17.8 Å². The van der Waals surface area contributed by atoms with E-state index in [0.29, 0.717) is 22.8 Å². The summed E-state index contributed by atoms with van der Waals surface area (Å²) >= 11 is 0. The third kappa shape index (κ3) is 4.46. The third-order valence-corrected chi connectivity index (χ3v) is 4.51. The lowest BCUT2D eigenvalue weighted by atomic mass is 9.95. The van der Waals surface area contributed by atoms with Crippen LogP contribution in [0.15, 0.2) is 42.7 Å². The summed E-state index contributed by atoms with van der Waals surface area (Å²) in [5.41, 5.74) is 2.58. The number of nitrogens with one attached hydrogen (secondary N) is 1. The zero-order valence-electron chi connectivity index (χ0n) is 16.0. The number of nitrogens with zero attached hydrogens (tertiary/aromatic N) is 3. The predicted octanol–water partition coefficient (Wildman–Crippen LogP) is 3.78. The Morgan fingerprint density at radius 1 is 1.22 bits per heavy atom. The van der Waals surface area contributed by atoms with Crippen molar-refractivity contribution in [2.75, 3.05) is 0 Å². The molecule has 0 aliphatic rings. The second-order valence-corrected chi connectivity index (χ2v) is 7.45. The Morgan fingerprint density at radius 3 is 2.52 bits per heavy atom. The molecule has 6 nitrogen and oxygen atoms in total. The quantitative estimate of drug-likeness (QED) is 0.650. The van der Waals surface area contributed by atoms with Gasteiger partial charge in [-0.1, -0.05) is 36.8 Å². The SMILES string of the molecule is Cc1ccc(-c2cc(C(=O)C[C@@H](C)c3ncn[nH]3)cc(C(C)(C)O)n2)cc1. The maximum atomic E-state index is 12.9. The van der Waals surface area contributed by atoms with Crippen LogP contribution in [-0.4, -0.2) is 31.1 Å². The smallest absolute Gasteiger partial charge is 0.163 e. The molecule has 0 radical (unpaired) electrons. The van der Waals surface area contributed by atoms with Crippen molar-refractivity contribution < 1.29 is 9.90 Å². The molecule has 0 amide bonds. The van der Waals surface area contributed by atoms with E-state index in [4.69, 9.17) is 0 Å². The van der Waals surface area contributed by atoms with Gasteiger partial charge in [-0.25, -0.2) is 9.97 Å². The summed E-state index contributed by atoms with van der Waals surface area (Å²) in [6, 6.07) is 11.4. The van der Waals surface area contributed by atoms with Crippen molar-refractivity contribution in [3.8, 4) is 11.3 Å². The van der Waals surface area contributed by atoms with E-state index in [1.54, 1.807) is 26.0 Å². The Hall–Kier alpha value is -2.86. The van der Waals surface area contributed by atoms with Crippen molar-refractivity contribution >= 4 is 5.78 Å². The molecule has 0 aliphatic heterocycles. The fourth-order valence-corrected chi connectivity index (χ4v) is 2.82. The summed E-state index contributed by atoms with van der Waals surface area (Å²) in [7, 11) is 0. The maximum absolute atomic E-state index is 12.9. The monoisotopic (exact) mass is 364 g/mol. The fourth-order valence-electron chi connectivity index (χ4n) is 2.82. The van der Waals surface area contributed by atoms with E-state index in [9.17, 15) is 9.90 Å². The van der Waals surface area contributed by atoms with E-state index in [1.807, 2.05) is 38.1 Å². The molecular formula is C21H24N4O2. The fraction of sp³-hybridized carbons (Fsp3) is 0.333. The van der Waals surface area contributed by atoms with Crippen LogP contribution in [0.4, 0.5) is 0 Å². The highest BCUT2D eigenvalue weighted by atomic mass is 16.3. The van der Waals surface area contributed by atoms with Gasteiger partial charge in [0.2, 0.25) is 0 Å². The molecule has 2 aromatic heterocycles. The van der Waals surface area contributed by atoms with E-state index in [1.165, 1.54) is 6.33 Å². The van der Waals surface area contributed by atoms with Gasteiger partial charge >= 0.3 is 0 Å². The standard InChI is InChI=1S/C21H24N4O2/c1-13-5-7-15(8-6-13)17-10-16(11-19(24-17)21(3,4)27)18(26)9-14(2)20-22-12-23-25-20/h5-8,10-12,14,27H,9H2,1-4H3,(H,22,23,25)/t14-/m1/s1. The number of carbonyl (C=O) groups excluding carboxylic acids is 1. The molecule has 0 saturated heterocycles. The van der Waals surface area contributed by atoms with Crippen LogP contribution in [0, 0.1) is 6.92 Å². The van der Waals surface area contributed by atoms with Gasteiger partial charge in [-0.2, -0.15) is 5.10 Å². The molecule has 2 N–H and O–H groups in total. The zero-order chi connectivity index (χ0) is 19.6. The molecule has 1 aromatic carbocycles. The van der Waals surface area contributed by atoms with Crippen LogP contribution in [0.3, 0.4) is 0 Å². The van der Waals surface area contributed by atoms with E-state index in [2.05, 4.69) is 20.2 Å². The molecule has 2 heterocycles. The number of aromatic nitrogens is 4. The van der Waals surface area contributed by atoms with Gasteiger partial charge in [0, 0.05) is 23.5 Å². The number of hydrogen-bond donors (Lipinski definition) is 2. The molecule has 0 unspecified atom stereocenters. The van der Waals surface area contributed by atoms with Crippen LogP contribution in [0.2, 0.25) is 0 Å². The Labute approximate surface area is 158 Å². The molecule has 27 heavy (non-hydrogen) atoms. The van der Waals surface area contributed by atoms with E-state index in [0.717, 1.165) is 11.1 Å². The van der Waals surface area contributed by atoms with Crippen molar-refractivity contribution in [2.24, 2.45) is 0 Å². The first-order valence-electron chi connectivity index (χ1n) is 8.94. The van der Waals surface area contributed by atoms with Crippen LogP contribution < -0.4 is 0 Å². The highest BCUT2D eigenvalue weighted by Crippen LogP contribution is 2.27. The summed E-state index contributed by atoms with van der Waals surface area (Å²) in [4.78, 5) is 21.6. The Balaban J connectivity index is 1.97. The number of aryl methyl sites for hydroxylation is 1. The number of Topliss-reactive ketones (excluding diaryl/α,β-unsaturated/α-hetero) is 1. The maximum Gasteiger partial charge on any atom is 0.163 e. The van der Waals surface area contributed by atoms with Crippen LogP contribution in [0.1, 0.15) is 60.5 Å². The lowest BCUT2D eigenvalue weighted by Gasteiger charge is -2.19. The minimum atomic E-state index is -1.15. The molecule has 0 saturated carbocycles. The van der Waals surface area contributed by atoms with E-state index in [-0.39, 0.29) is 18.1 Å². The van der Waals surface area contributed by atoms with Gasteiger partial charge in [-0.05, 0) is 32.9 Å². The molecule has 6 heteroatoms. The Bertz CT molecular complexity index is 926. The summed E-state index contributed by atoms with van der Waals surface area (Å²) in [6.45, 7) is 7.28. The third-order valence-electron chi connectivity index (χ3n) is 4.51. The number of aliphatic hydroxyl groups is 1. The molecular weight excluding hydrogens is 340 g/mol. The summed E-state index contributed by atoms with van der Waals surface area (Å²) in [6.07, 6.45) is 1.72. The number of aromatic amines is 1. The number of hydrogen-bond acceptors (Lipinski definition) is 5. The van der Waals surface area contributed by atoms with Gasteiger partial charge in [0.05, 0.1) is 11.4 Å². The van der Waals surface area contributed by atoms with Crippen LogP contribution in [0.5, 0.6) is 0 Å². The van der Waals surface area contributed by atoms with Crippen molar-refractivity contribution in [1.82, 2.24) is 20.2 Å². The Kier molecular flexibility index (Phi) is 5.19. The van der Waals surface area contributed by atoms with Gasteiger partial charge < -0.3 is 5.11 Å². The second kappa shape index (κ2) is 7.40. The highest BCUT2D eigenvalue weighted by Gasteiger charge is 2.23. The summed E-state index contributed by atoms with van der Waals surface area (Å²) in [5, 5.41) is 17.1. The van der Waals surface area contributed by atoms with Gasteiger partial charge in [0.25, 0.3) is 0 Å². The number of ketones is 1. The first-order chi connectivity index (χ1) is 12.7. The van der Waals surface area contributed by atoms with Crippen LogP contribution in [-0.2, 0) is 5.60 Å². The minimum Gasteiger partial charge on any atom is -0.384 e. The Morgan fingerprint density at radius 2 is 1.93 bits per heavy atom. The van der Waals surface area contributed by atoms with Gasteiger partial charge in [-0.3, -0.25) is 9.89 Å². The van der Waals surface area contributed by atoms with Crippen molar-refractivity contribution in [3.05, 3.63) is 65.4 Å². The number of carbonyl (C=O) groups is 1. The zero-order valence-corrected chi connectivity index (χ0v) is 16.0. The van der Waals surface area contributed by atoms with Gasteiger partial charge in [0.15, 0.2) is 5.78 Å². The topological polar surface area (TPSA) is 91.8 Å². The summed E-state index contributed by atoms with van der Waals surface area (Å²) in [5.74, 6) is 0.570. The molecule has 0 aliphatic carbocycles. The normalized spacial score (nSPS) is 12.8. The average molecular weight is 364 g/mol. The molecule has 0 spiro atoms. The van der Waals surface area contributed by atoms with Crippen molar-refractivity contribution in [2.45, 2.75) is 45.6 Å². The molecule has 0 fully saturated rings.